The van der Waals surface area contributed by atoms with E-state index < -0.39 is 6.36 Å². The summed E-state index contributed by atoms with van der Waals surface area (Å²) in [5.74, 6) is 0.191. The molecular weight excluding hydrogens is 233 g/mol. The number of ether oxygens (including phenoxy) is 1. The molecule has 1 rings (SSSR count). The minimum absolute atomic E-state index is 0.173. The third-order valence-electron chi connectivity index (χ3n) is 1.41. The van der Waals surface area contributed by atoms with Gasteiger partial charge in [-0.05, 0) is 26.0 Å². The summed E-state index contributed by atoms with van der Waals surface area (Å²) in [5, 5.41) is 2.95. The zero-order chi connectivity index (χ0) is 13.5. The number of pyridine rings is 1. The molecule has 1 aromatic rings. The first kappa shape index (κ1) is 15.5. The van der Waals surface area contributed by atoms with Crippen LogP contribution in [0.25, 0.3) is 0 Å². The molecule has 0 saturated carbocycles. The van der Waals surface area contributed by atoms with Crippen molar-refractivity contribution in [2.75, 3.05) is 5.32 Å². The van der Waals surface area contributed by atoms with E-state index >= 15 is 0 Å². The highest BCUT2D eigenvalue weighted by molar-refractivity contribution is 5.38. The van der Waals surface area contributed by atoms with Crippen LogP contribution in [0.3, 0.4) is 0 Å². The minimum Gasteiger partial charge on any atom is -0.404 e. The number of nitrogens with zero attached hydrogens (tertiary/aromatic N) is 1. The summed E-state index contributed by atoms with van der Waals surface area (Å²) in [6.07, 6.45) is -3.65. The Kier molecular flexibility index (Phi) is 6.38. The Balaban J connectivity index is 0.00000121. The van der Waals surface area contributed by atoms with Crippen LogP contribution in [-0.2, 0) is 0 Å². The average molecular weight is 250 g/mol. The molecule has 0 fully saturated rings. The third kappa shape index (κ3) is 7.43. The number of anilines is 1. The van der Waals surface area contributed by atoms with Crippen LogP contribution in [0, 0.1) is 0 Å². The van der Waals surface area contributed by atoms with Crippen LogP contribution in [-0.4, -0.2) is 17.4 Å². The Bertz CT molecular complexity index is 309. The summed E-state index contributed by atoms with van der Waals surface area (Å²) < 4.78 is 39.0. The SMILES string of the molecule is CC.CC(C)Nc1ccc(OC(F)(F)F)cn1. The number of hydrogen-bond acceptors (Lipinski definition) is 3. The highest BCUT2D eigenvalue weighted by atomic mass is 19.4. The maximum Gasteiger partial charge on any atom is 0.573 e. The number of alkyl halides is 3. The molecule has 0 bridgehead atoms. The van der Waals surface area contributed by atoms with Crippen molar-refractivity contribution in [3.63, 3.8) is 0 Å². The van der Waals surface area contributed by atoms with E-state index in [-0.39, 0.29) is 11.8 Å². The molecule has 0 unspecified atom stereocenters. The van der Waals surface area contributed by atoms with Gasteiger partial charge in [-0.15, -0.1) is 13.2 Å². The van der Waals surface area contributed by atoms with Crippen LogP contribution < -0.4 is 10.1 Å². The molecule has 0 atom stereocenters. The molecule has 1 aromatic heterocycles. The fraction of sp³-hybridized carbons (Fsp3) is 0.545. The number of halogens is 3. The standard InChI is InChI=1S/C9H11F3N2O.C2H6/c1-6(2)14-8-4-3-7(5-13-8)15-9(10,11)12;1-2/h3-6H,1-2H3,(H,13,14);1-2H3. The minimum atomic E-state index is -4.67. The highest BCUT2D eigenvalue weighted by Crippen LogP contribution is 2.22. The van der Waals surface area contributed by atoms with Crippen molar-refractivity contribution in [2.24, 2.45) is 0 Å². The van der Waals surface area contributed by atoms with Gasteiger partial charge in [0.1, 0.15) is 11.6 Å². The molecule has 0 radical (unpaired) electrons. The first-order valence-electron chi connectivity index (χ1n) is 5.35. The molecule has 3 nitrogen and oxygen atoms in total. The molecule has 17 heavy (non-hydrogen) atoms. The molecule has 1 N–H and O–H groups in total. The second-order valence-corrected chi connectivity index (χ2v) is 3.23. The molecule has 0 spiro atoms. The van der Waals surface area contributed by atoms with Crippen molar-refractivity contribution in [1.82, 2.24) is 4.98 Å². The Morgan fingerprint density at radius 3 is 2.18 bits per heavy atom. The average Bonchev–Trinajstić information content (AvgIpc) is 2.21. The summed E-state index contributed by atoms with van der Waals surface area (Å²) >= 11 is 0. The van der Waals surface area contributed by atoms with Gasteiger partial charge in [-0.3, -0.25) is 0 Å². The van der Waals surface area contributed by atoms with Crippen molar-refractivity contribution in [2.45, 2.75) is 40.1 Å². The van der Waals surface area contributed by atoms with Crippen molar-refractivity contribution in [3.05, 3.63) is 18.3 Å². The van der Waals surface area contributed by atoms with Gasteiger partial charge in [0.05, 0.1) is 6.20 Å². The molecule has 0 aliphatic heterocycles. The second-order valence-electron chi connectivity index (χ2n) is 3.23. The quantitative estimate of drug-likeness (QED) is 0.885. The van der Waals surface area contributed by atoms with Crippen LogP contribution in [0.2, 0.25) is 0 Å². The zero-order valence-corrected chi connectivity index (χ0v) is 10.3. The molecule has 98 valence electrons. The Hall–Kier alpha value is -1.46. The lowest BCUT2D eigenvalue weighted by molar-refractivity contribution is -0.274. The van der Waals surface area contributed by atoms with Crippen molar-refractivity contribution in [3.8, 4) is 5.75 Å². The largest absolute Gasteiger partial charge is 0.573 e. The number of nitrogens with one attached hydrogen (secondary N) is 1. The van der Waals surface area contributed by atoms with Gasteiger partial charge in [0, 0.05) is 6.04 Å². The lowest BCUT2D eigenvalue weighted by Gasteiger charge is -2.11. The lowest BCUT2D eigenvalue weighted by Crippen LogP contribution is -2.17. The fourth-order valence-electron chi connectivity index (χ4n) is 0.955. The van der Waals surface area contributed by atoms with E-state index in [2.05, 4.69) is 15.0 Å². The smallest absolute Gasteiger partial charge is 0.404 e. The third-order valence-corrected chi connectivity index (χ3v) is 1.41. The van der Waals surface area contributed by atoms with Crippen LogP contribution in [0.1, 0.15) is 27.7 Å². The zero-order valence-electron chi connectivity index (χ0n) is 10.3. The van der Waals surface area contributed by atoms with E-state index in [1.54, 1.807) is 0 Å². The highest BCUT2D eigenvalue weighted by Gasteiger charge is 2.31. The number of aromatic nitrogens is 1. The summed E-state index contributed by atoms with van der Waals surface area (Å²) in [7, 11) is 0. The monoisotopic (exact) mass is 250 g/mol. The van der Waals surface area contributed by atoms with E-state index in [0.717, 1.165) is 6.20 Å². The van der Waals surface area contributed by atoms with E-state index in [1.807, 2.05) is 27.7 Å². The molecule has 0 aliphatic carbocycles. The van der Waals surface area contributed by atoms with Gasteiger partial charge in [0.15, 0.2) is 0 Å². The summed E-state index contributed by atoms with van der Waals surface area (Å²) in [6, 6.07) is 2.82. The van der Waals surface area contributed by atoms with Crippen LogP contribution in [0.15, 0.2) is 18.3 Å². The van der Waals surface area contributed by atoms with Gasteiger partial charge < -0.3 is 10.1 Å². The summed E-state index contributed by atoms with van der Waals surface area (Å²) in [4.78, 5) is 3.77. The first-order chi connectivity index (χ1) is 7.87. The molecule has 0 saturated heterocycles. The van der Waals surface area contributed by atoms with Gasteiger partial charge >= 0.3 is 6.36 Å². The number of rotatable bonds is 3. The maximum absolute atomic E-state index is 11.8. The molecule has 0 aliphatic rings. The van der Waals surface area contributed by atoms with Crippen LogP contribution >= 0.6 is 0 Å². The van der Waals surface area contributed by atoms with Gasteiger partial charge in [-0.2, -0.15) is 0 Å². The van der Waals surface area contributed by atoms with Crippen molar-refractivity contribution < 1.29 is 17.9 Å². The van der Waals surface area contributed by atoms with E-state index in [9.17, 15) is 13.2 Å². The topological polar surface area (TPSA) is 34.1 Å². The maximum atomic E-state index is 11.8. The van der Waals surface area contributed by atoms with Crippen LogP contribution in [0.4, 0.5) is 19.0 Å². The van der Waals surface area contributed by atoms with Crippen LogP contribution in [0.5, 0.6) is 5.75 Å². The van der Waals surface area contributed by atoms with E-state index in [1.165, 1.54) is 12.1 Å². The Morgan fingerprint density at radius 2 is 1.82 bits per heavy atom. The lowest BCUT2D eigenvalue weighted by atomic mass is 10.3. The van der Waals surface area contributed by atoms with Gasteiger partial charge in [-0.25, -0.2) is 4.98 Å². The molecular formula is C11H17F3N2O. The summed E-state index contributed by atoms with van der Waals surface area (Å²) in [6.45, 7) is 7.81. The molecule has 0 aromatic carbocycles. The Morgan fingerprint density at radius 1 is 1.24 bits per heavy atom. The van der Waals surface area contributed by atoms with E-state index in [4.69, 9.17) is 0 Å². The first-order valence-corrected chi connectivity index (χ1v) is 5.35. The van der Waals surface area contributed by atoms with Gasteiger partial charge in [0.2, 0.25) is 0 Å². The normalized spacial score (nSPS) is 10.6. The number of hydrogen-bond donors (Lipinski definition) is 1. The van der Waals surface area contributed by atoms with Gasteiger partial charge in [0.25, 0.3) is 0 Å². The van der Waals surface area contributed by atoms with Gasteiger partial charge in [-0.1, -0.05) is 13.8 Å². The summed E-state index contributed by atoms with van der Waals surface area (Å²) in [5.41, 5.74) is 0. The van der Waals surface area contributed by atoms with E-state index in [0.29, 0.717) is 5.82 Å². The molecule has 0 amide bonds. The van der Waals surface area contributed by atoms with Crippen molar-refractivity contribution >= 4 is 5.82 Å². The Labute approximate surface area is 99.0 Å². The predicted molar refractivity (Wildman–Crippen MR) is 61.0 cm³/mol. The van der Waals surface area contributed by atoms with Crippen molar-refractivity contribution in [1.29, 1.82) is 0 Å². The molecule has 1 heterocycles. The fourth-order valence-corrected chi connectivity index (χ4v) is 0.955. The molecule has 6 heteroatoms. The predicted octanol–water partition coefficient (Wildman–Crippen LogP) is 3.83. The second kappa shape index (κ2) is 6.98.